The van der Waals surface area contributed by atoms with Crippen LogP contribution in [0.1, 0.15) is 61.1 Å². The maximum atomic E-state index is 13.2. The zero-order valence-corrected chi connectivity index (χ0v) is 19.2. The lowest BCUT2D eigenvalue weighted by Gasteiger charge is -2.20. The molecule has 6 nitrogen and oxygen atoms in total. The van der Waals surface area contributed by atoms with Crippen LogP contribution in [0.15, 0.2) is 66.9 Å². The number of carboxylic acid groups (broad SMARTS) is 1. The number of pyridine rings is 1. The van der Waals surface area contributed by atoms with Crippen molar-refractivity contribution in [2.75, 3.05) is 6.54 Å². The van der Waals surface area contributed by atoms with E-state index in [4.69, 9.17) is 9.84 Å². The van der Waals surface area contributed by atoms with Crippen molar-refractivity contribution in [3.8, 4) is 17.0 Å². The smallest absolute Gasteiger partial charge is 0.305 e. The number of carboxylic acids is 1. The number of halogens is 1. The lowest BCUT2D eigenvalue weighted by Crippen LogP contribution is -2.25. The molecule has 3 aromatic rings. The van der Waals surface area contributed by atoms with Gasteiger partial charge in [0, 0.05) is 29.4 Å². The number of unbranched alkanes of at least 4 members (excludes halogenated alkanes) is 2. The fraction of sp³-hybridized carbons (Fsp3) is 0.296. The molecule has 1 atom stereocenters. The van der Waals surface area contributed by atoms with Gasteiger partial charge < -0.3 is 15.2 Å². The summed E-state index contributed by atoms with van der Waals surface area (Å²) < 4.78 is 19.5. The van der Waals surface area contributed by atoms with Crippen LogP contribution < -0.4 is 10.1 Å². The molecule has 1 amide bonds. The Hall–Kier alpha value is -3.74. The molecule has 7 heteroatoms. The van der Waals surface area contributed by atoms with Crippen LogP contribution in [0.5, 0.6) is 5.75 Å². The van der Waals surface area contributed by atoms with Crippen LogP contribution in [0.3, 0.4) is 0 Å². The maximum absolute atomic E-state index is 13.2. The van der Waals surface area contributed by atoms with Gasteiger partial charge in [-0.05, 0) is 67.4 Å². The van der Waals surface area contributed by atoms with Gasteiger partial charge in [-0.25, -0.2) is 4.39 Å². The number of hydrogen-bond donors (Lipinski definition) is 2. The molecule has 2 N–H and O–H groups in total. The van der Waals surface area contributed by atoms with Gasteiger partial charge in [0.25, 0.3) is 5.91 Å². The lowest BCUT2D eigenvalue weighted by atomic mass is 10.0. The second-order valence-electron chi connectivity index (χ2n) is 8.01. The zero-order valence-electron chi connectivity index (χ0n) is 19.2. The number of nitrogens with zero attached hydrogens (tertiary/aromatic N) is 1. The number of aromatic nitrogens is 1. The minimum absolute atomic E-state index is 0.0762. The molecule has 0 spiro atoms. The first-order valence-corrected chi connectivity index (χ1v) is 11.4. The van der Waals surface area contributed by atoms with E-state index in [0.717, 1.165) is 42.5 Å². The van der Waals surface area contributed by atoms with E-state index in [1.54, 1.807) is 42.6 Å². The standard InChI is InChI=1S/C27H29FN2O4/c1-2-3-4-5-25(21-10-15-24(30-18-21)19-6-11-22(28)12-7-19)34-23-13-8-20(9-14-23)27(33)29-17-16-26(31)32/h6-15,18,25H,2-5,16-17H2,1H3,(H,29,33)(H,31,32)/t25-/m1/s1. The van der Waals surface area contributed by atoms with Crippen LogP contribution >= 0.6 is 0 Å². The average Bonchev–Trinajstić information content (AvgIpc) is 2.84. The van der Waals surface area contributed by atoms with Crippen LogP contribution in [0.25, 0.3) is 11.3 Å². The topological polar surface area (TPSA) is 88.5 Å². The van der Waals surface area contributed by atoms with Gasteiger partial charge in [0.15, 0.2) is 0 Å². The van der Waals surface area contributed by atoms with Gasteiger partial charge in [-0.15, -0.1) is 0 Å². The number of ether oxygens (including phenoxy) is 1. The second-order valence-corrected chi connectivity index (χ2v) is 8.01. The maximum Gasteiger partial charge on any atom is 0.305 e. The fourth-order valence-electron chi connectivity index (χ4n) is 3.49. The predicted molar refractivity (Wildman–Crippen MR) is 128 cm³/mol. The molecule has 0 unspecified atom stereocenters. The summed E-state index contributed by atoms with van der Waals surface area (Å²) in [6.07, 6.45) is 5.49. The molecule has 34 heavy (non-hydrogen) atoms. The van der Waals surface area contributed by atoms with E-state index in [1.165, 1.54) is 12.1 Å². The molecule has 1 aromatic heterocycles. The molecule has 2 aromatic carbocycles. The molecule has 3 rings (SSSR count). The summed E-state index contributed by atoms with van der Waals surface area (Å²) in [6, 6.07) is 16.9. The fourth-order valence-corrected chi connectivity index (χ4v) is 3.49. The Morgan fingerprint density at radius 1 is 1.03 bits per heavy atom. The van der Waals surface area contributed by atoms with Gasteiger partial charge in [0.05, 0.1) is 12.1 Å². The number of carbonyl (C=O) groups excluding carboxylic acids is 1. The number of carbonyl (C=O) groups is 2. The van der Waals surface area contributed by atoms with Gasteiger partial charge in [-0.2, -0.15) is 0 Å². The van der Waals surface area contributed by atoms with E-state index in [2.05, 4.69) is 17.2 Å². The van der Waals surface area contributed by atoms with Crippen LogP contribution in [0.4, 0.5) is 4.39 Å². The Balaban J connectivity index is 1.69. The van der Waals surface area contributed by atoms with E-state index in [-0.39, 0.29) is 30.8 Å². The molecule has 178 valence electrons. The molecule has 0 bridgehead atoms. The summed E-state index contributed by atoms with van der Waals surface area (Å²) in [5.74, 6) is -0.939. The van der Waals surface area contributed by atoms with Crippen LogP contribution in [0, 0.1) is 5.82 Å². The average molecular weight is 465 g/mol. The van der Waals surface area contributed by atoms with Gasteiger partial charge >= 0.3 is 5.97 Å². The Bertz CT molecular complexity index is 1070. The molecule has 0 aliphatic rings. The van der Waals surface area contributed by atoms with Gasteiger partial charge in [-0.1, -0.05) is 25.8 Å². The summed E-state index contributed by atoms with van der Waals surface area (Å²) in [5.41, 5.74) is 2.98. The van der Waals surface area contributed by atoms with Crippen LogP contribution in [0.2, 0.25) is 0 Å². The van der Waals surface area contributed by atoms with Gasteiger partial charge in [0.2, 0.25) is 0 Å². The van der Waals surface area contributed by atoms with E-state index >= 15 is 0 Å². The third-order valence-corrected chi connectivity index (χ3v) is 5.39. The van der Waals surface area contributed by atoms with E-state index < -0.39 is 5.97 Å². The molecule has 0 saturated carbocycles. The first-order valence-electron chi connectivity index (χ1n) is 11.4. The number of rotatable bonds is 12. The highest BCUT2D eigenvalue weighted by atomic mass is 19.1. The minimum Gasteiger partial charge on any atom is -0.486 e. The summed E-state index contributed by atoms with van der Waals surface area (Å²) in [6.45, 7) is 2.22. The molecular formula is C27H29FN2O4. The van der Waals surface area contributed by atoms with Crippen molar-refractivity contribution >= 4 is 11.9 Å². The van der Waals surface area contributed by atoms with Gasteiger partial charge in [-0.3, -0.25) is 14.6 Å². The molecule has 0 radical (unpaired) electrons. The summed E-state index contributed by atoms with van der Waals surface area (Å²) >= 11 is 0. The SMILES string of the molecule is CCCCC[C@@H](Oc1ccc(C(=O)NCCC(=O)O)cc1)c1ccc(-c2ccc(F)cc2)nc1. The Labute approximate surface area is 198 Å². The lowest BCUT2D eigenvalue weighted by molar-refractivity contribution is -0.136. The van der Waals surface area contributed by atoms with Crippen molar-refractivity contribution < 1.29 is 23.8 Å². The third-order valence-electron chi connectivity index (χ3n) is 5.39. The quantitative estimate of drug-likeness (QED) is 0.331. The van der Waals surface area contributed by atoms with E-state index in [9.17, 15) is 14.0 Å². The van der Waals surface area contributed by atoms with Crippen molar-refractivity contribution in [2.45, 2.75) is 45.1 Å². The van der Waals surface area contributed by atoms with Crippen LogP contribution in [-0.4, -0.2) is 28.5 Å². The van der Waals surface area contributed by atoms with Gasteiger partial charge in [0.1, 0.15) is 17.7 Å². The highest BCUT2D eigenvalue weighted by molar-refractivity contribution is 5.94. The normalized spacial score (nSPS) is 11.6. The summed E-state index contributed by atoms with van der Waals surface area (Å²) in [5, 5.41) is 11.3. The van der Waals surface area contributed by atoms with Crippen molar-refractivity contribution in [1.29, 1.82) is 0 Å². The number of nitrogens with one attached hydrogen (secondary N) is 1. The van der Waals surface area contributed by atoms with E-state index in [1.807, 2.05) is 12.1 Å². The molecule has 0 fully saturated rings. The Kier molecular flexibility index (Phi) is 9.14. The molecule has 0 saturated heterocycles. The van der Waals surface area contributed by atoms with Crippen molar-refractivity contribution in [3.05, 3.63) is 83.8 Å². The third kappa shape index (κ3) is 7.40. The molecule has 0 aliphatic carbocycles. The van der Waals surface area contributed by atoms with E-state index in [0.29, 0.717) is 11.3 Å². The predicted octanol–water partition coefficient (Wildman–Crippen LogP) is 5.79. The molecule has 1 heterocycles. The molecule has 0 aliphatic heterocycles. The Morgan fingerprint density at radius 2 is 1.76 bits per heavy atom. The Morgan fingerprint density at radius 3 is 2.38 bits per heavy atom. The first-order chi connectivity index (χ1) is 16.5. The monoisotopic (exact) mass is 464 g/mol. The first kappa shape index (κ1) is 24.9. The zero-order chi connectivity index (χ0) is 24.3. The van der Waals surface area contributed by atoms with Crippen molar-refractivity contribution in [1.82, 2.24) is 10.3 Å². The summed E-state index contributed by atoms with van der Waals surface area (Å²) in [4.78, 5) is 27.3. The number of aliphatic carboxylic acids is 1. The van der Waals surface area contributed by atoms with Crippen molar-refractivity contribution in [2.24, 2.45) is 0 Å². The summed E-state index contributed by atoms with van der Waals surface area (Å²) in [7, 11) is 0. The number of hydrogen-bond acceptors (Lipinski definition) is 4. The molecular weight excluding hydrogens is 435 g/mol. The highest BCUT2D eigenvalue weighted by Crippen LogP contribution is 2.28. The second kappa shape index (κ2) is 12.5. The van der Waals surface area contributed by atoms with Crippen LogP contribution in [-0.2, 0) is 4.79 Å². The largest absolute Gasteiger partial charge is 0.486 e. The minimum atomic E-state index is -0.960. The number of amides is 1. The highest BCUT2D eigenvalue weighted by Gasteiger charge is 2.15. The van der Waals surface area contributed by atoms with Crippen molar-refractivity contribution in [3.63, 3.8) is 0 Å². The number of benzene rings is 2.